The molecule has 6 heteroatoms. The number of benzene rings is 2. The smallest absolute Gasteiger partial charge is 0.315 e. The highest BCUT2D eigenvalue weighted by molar-refractivity contribution is 5.84. The van der Waals surface area contributed by atoms with Crippen LogP contribution in [0.5, 0.6) is 0 Å². The molecule has 28 heavy (non-hydrogen) atoms. The number of carbonyl (C=O) groups is 2. The number of urea groups is 1. The summed E-state index contributed by atoms with van der Waals surface area (Å²) in [5.41, 5.74) is 4.39. The molecule has 0 aliphatic carbocycles. The third-order valence-electron chi connectivity index (χ3n) is 5.26. The van der Waals surface area contributed by atoms with Crippen LogP contribution in [0.3, 0.4) is 0 Å². The fraction of sp³-hybridized carbons (Fsp3) is 0.364. The number of likely N-dealkylation sites (tertiary alicyclic amines) is 1. The summed E-state index contributed by atoms with van der Waals surface area (Å²) in [6, 6.07) is 11.9. The molecule has 1 heterocycles. The molecular formula is C22H26FN3O2. The van der Waals surface area contributed by atoms with Crippen LogP contribution in [-0.4, -0.2) is 29.9 Å². The van der Waals surface area contributed by atoms with Crippen LogP contribution in [0, 0.1) is 19.7 Å². The molecule has 5 nitrogen and oxygen atoms in total. The highest BCUT2D eigenvalue weighted by atomic mass is 19.1. The maximum absolute atomic E-state index is 12.9. The number of carbonyl (C=O) groups excluding carboxylic acids is 2. The predicted octanol–water partition coefficient (Wildman–Crippen LogP) is 3.61. The Morgan fingerprint density at radius 2 is 1.82 bits per heavy atom. The zero-order chi connectivity index (χ0) is 20.1. The van der Waals surface area contributed by atoms with E-state index in [0.717, 1.165) is 24.0 Å². The summed E-state index contributed by atoms with van der Waals surface area (Å²) >= 11 is 0. The first-order chi connectivity index (χ1) is 13.4. The van der Waals surface area contributed by atoms with E-state index in [-0.39, 0.29) is 30.9 Å². The first-order valence-electron chi connectivity index (χ1n) is 9.57. The number of hydrogen-bond acceptors (Lipinski definition) is 2. The van der Waals surface area contributed by atoms with E-state index in [1.807, 2.05) is 4.90 Å². The van der Waals surface area contributed by atoms with Gasteiger partial charge in [-0.2, -0.15) is 0 Å². The number of nitrogens with zero attached hydrogens (tertiary/aromatic N) is 1. The summed E-state index contributed by atoms with van der Waals surface area (Å²) in [7, 11) is 0. The van der Waals surface area contributed by atoms with Gasteiger partial charge in [-0.15, -0.1) is 0 Å². The third kappa shape index (κ3) is 4.88. The third-order valence-corrected chi connectivity index (χ3v) is 5.26. The van der Waals surface area contributed by atoms with Crippen LogP contribution in [0.4, 0.5) is 9.18 Å². The topological polar surface area (TPSA) is 61.4 Å². The van der Waals surface area contributed by atoms with Gasteiger partial charge < -0.3 is 15.5 Å². The molecule has 1 fully saturated rings. The van der Waals surface area contributed by atoms with Gasteiger partial charge in [0.1, 0.15) is 5.82 Å². The van der Waals surface area contributed by atoms with Gasteiger partial charge in [0, 0.05) is 13.1 Å². The van der Waals surface area contributed by atoms with Gasteiger partial charge in [-0.1, -0.05) is 30.3 Å². The minimum Gasteiger partial charge on any atom is -0.334 e. The molecule has 1 unspecified atom stereocenters. The molecule has 1 saturated heterocycles. The van der Waals surface area contributed by atoms with E-state index in [1.165, 1.54) is 23.3 Å². The van der Waals surface area contributed by atoms with Crippen molar-refractivity contribution in [2.75, 3.05) is 13.1 Å². The first kappa shape index (κ1) is 19.9. The molecule has 0 bridgehead atoms. The molecule has 0 aromatic heterocycles. The Balaban J connectivity index is 1.51. The van der Waals surface area contributed by atoms with E-state index in [9.17, 15) is 14.0 Å². The molecule has 2 aromatic rings. The highest BCUT2D eigenvalue weighted by Gasteiger charge is 2.30. The largest absolute Gasteiger partial charge is 0.334 e. The molecule has 148 valence electrons. The lowest BCUT2D eigenvalue weighted by Gasteiger charge is -2.26. The summed E-state index contributed by atoms with van der Waals surface area (Å²) in [5.74, 6) is -0.402. The normalized spacial score (nSPS) is 16.1. The van der Waals surface area contributed by atoms with Crippen LogP contribution < -0.4 is 10.6 Å². The van der Waals surface area contributed by atoms with Gasteiger partial charge in [0.2, 0.25) is 5.91 Å². The summed E-state index contributed by atoms with van der Waals surface area (Å²) in [4.78, 5) is 26.5. The van der Waals surface area contributed by atoms with Crippen LogP contribution in [0.25, 0.3) is 0 Å². The zero-order valence-electron chi connectivity index (χ0n) is 16.3. The zero-order valence-corrected chi connectivity index (χ0v) is 16.3. The van der Waals surface area contributed by atoms with Crippen LogP contribution in [0.2, 0.25) is 0 Å². The van der Waals surface area contributed by atoms with Crippen molar-refractivity contribution in [1.82, 2.24) is 15.5 Å². The summed E-state index contributed by atoms with van der Waals surface area (Å²) in [5, 5.41) is 5.30. The molecule has 2 N–H and O–H groups in total. The lowest BCUT2D eigenvalue weighted by Crippen LogP contribution is -2.43. The first-order valence-corrected chi connectivity index (χ1v) is 9.57. The summed E-state index contributed by atoms with van der Waals surface area (Å²) < 4.78 is 12.9. The Labute approximate surface area is 164 Å². The molecule has 0 saturated carbocycles. The molecule has 3 rings (SSSR count). The van der Waals surface area contributed by atoms with Crippen molar-refractivity contribution < 1.29 is 14.0 Å². The Hall–Kier alpha value is -2.89. The van der Waals surface area contributed by atoms with Crippen LogP contribution in [-0.2, 0) is 11.3 Å². The van der Waals surface area contributed by atoms with E-state index in [2.05, 4.69) is 42.7 Å². The van der Waals surface area contributed by atoms with E-state index in [0.29, 0.717) is 6.54 Å². The minimum atomic E-state index is -0.417. The van der Waals surface area contributed by atoms with E-state index < -0.39 is 6.03 Å². The van der Waals surface area contributed by atoms with E-state index >= 15 is 0 Å². The summed E-state index contributed by atoms with van der Waals surface area (Å²) in [6.45, 7) is 5.08. The maximum Gasteiger partial charge on any atom is 0.315 e. The van der Waals surface area contributed by atoms with Crippen molar-refractivity contribution in [3.05, 3.63) is 70.5 Å². The molecule has 1 aliphatic rings. The Bertz CT molecular complexity index is 851. The second-order valence-electron chi connectivity index (χ2n) is 7.25. The second kappa shape index (κ2) is 8.87. The SMILES string of the molecule is Cc1ccc(C2CCCN2C(=O)CNC(=O)NCc2ccc(F)cc2)cc1C. The Morgan fingerprint density at radius 3 is 2.54 bits per heavy atom. The molecule has 2 aromatic carbocycles. The maximum atomic E-state index is 12.9. The van der Waals surface area contributed by atoms with Gasteiger partial charge in [0.15, 0.2) is 0 Å². The number of amides is 3. The quantitative estimate of drug-likeness (QED) is 0.829. The van der Waals surface area contributed by atoms with E-state index in [4.69, 9.17) is 0 Å². The number of rotatable bonds is 5. The van der Waals surface area contributed by atoms with Crippen LogP contribution >= 0.6 is 0 Å². The molecule has 0 spiro atoms. The van der Waals surface area contributed by atoms with Crippen molar-refractivity contribution in [1.29, 1.82) is 0 Å². The van der Waals surface area contributed by atoms with Crippen molar-refractivity contribution in [2.45, 2.75) is 39.3 Å². The van der Waals surface area contributed by atoms with Crippen LogP contribution in [0.1, 0.15) is 41.1 Å². The van der Waals surface area contributed by atoms with Gasteiger partial charge in [-0.05, 0) is 61.1 Å². The number of nitrogens with one attached hydrogen (secondary N) is 2. The predicted molar refractivity (Wildman–Crippen MR) is 106 cm³/mol. The van der Waals surface area contributed by atoms with Gasteiger partial charge in [0.05, 0.1) is 12.6 Å². The fourth-order valence-corrected chi connectivity index (χ4v) is 3.49. The van der Waals surface area contributed by atoms with Gasteiger partial charge in [0.25, 0.3) is 0 Å². The lowest BCUT2D eigenvalue weighted by molar-refractivity contribution is -0.131. The average Bonchev–Trinajstić information content (AvgIpc) is 3.17. The molecule has 1 aliphatic heterocycles. The van der Waals surface area contributed by atoms with Gasteiger partial charge >= 0.3 is 6.03 Å². The van der Waals surface area contributed by atoms with Crippen molar-refractivity contribution in [3.8, 4) is 0 Å². The molecular weight excluding hydrogens is 357 g/mol. The number of aryl methyl sites for hydroxylation is 2. The standard InChI is InChI=1S/C22H26FN3O2/c1-15-5-8-18(12-16(15)2)20-4-3-11-26(20)21(27)14-25-22(28)24-13-17-6-9-19(23)10-7-17/h5-10,12,20H,3-4,11,13-14H2,1-2H3,(H2,24,25,28). The highest BCUT2D eigenvalue weighted by Crippen LogP contribution is 2.32. The van der Waals surface area contributed by atoms with Gasteiger partial charge in [-0.25, -0.2) is 9.18 Å². The van der Waals surface area contributed by atoms with Crippen molar-refractivity contribution in [2.24, 2.45) is 0 Å². The average molecular weight is 383 g/mol. The molecule has 0 radical (unpaired) electrons. The number of hydrogen-bond donors (Lipinski definition) is 2. The van der Waals surface area contributed by atoms with E-state index in [1.54, 1.807) is 12.1 Å². The van der Waals surface area contributed by atoms with Crippen LogP contribution in [0.15, 0.2) is 42.5 Å². The number of halogens is 1. The lowest BCUT2D eigenvalue weighted by atomic mass is 9.99. The van der Waals surface area contributed by atoms with Gasteiger partial charge in [-0.3, -0.25) is 4.79 Å². The van der Waals surface area contributed by atoms with Crippen molar-refractivity contribution >= 4 is 11.9 Å². The second-order valence-corrected chi connectivity index (χ2v) is 7.25. The molecule has 1 atom stereocenters. The molecule has 3 amide bonds. The summed E-state index contributed by atoms with van der Waals surface area (Å²) in [6.07, 6.45) is 1.89. The monoisotopic (exact) mass is 383 g/mol. The fourth-order valence-electron chi connectivity index (χ4n) is 3.49. The minimum absolute atomic E-state index is 0.0450. The van der Waals surface area contributed by atoms with Crippen molar-refractivity contribution in [3.63, 3.8) is 0 Å². The Morgan fingerprint density at radius 1 is 1.07 bits per heavy atom. The Kier molecular flexibility index (Phi) is 6.29.